The van der Waals surface area contributed by atoms with Crippen LogP contribution in [-0.2, 0) is 0 Å². The Morgan fingerprint density at radius 1 is 0.968 bits per heavy atom. The molecule has 4 aromatic rings. The highest BCUT2D eigenvalue weighted by Gasteiger charge is 2.18. The van der Waals surface area contributed by atoms with Crippen LogP contribution in [0.4, 0.5) is 4.79 Å². The van der Waals surface area contributed by atoms with E-state index in [1.165, 1.54) is 36.7 Å². The number of phenols is 2. The standard InChI is InChI=1S/C22H14N2O7/c25-18-9-16(24(22(29)30)17-10-20(27)19(26)8-15(17)18)12-3-5-14(6-4-12)31-21(28)13-2-1-7-23-11-13/h1-11,26-27H,(H,29,30). The molecule has 0 amide bonds. The second-order valence-electron chi connectivity index (χ2n) is 6.53. The van der Waals surface area contributed by atoms with Crippen LogP contribution < -0.4 is 10.2 Å². The molecule has 0 fully saturated rings. The number of nitrogens with zero attached hydrogens (tertiary/aromatic N) is 2. The van der Waals surface area contributed by atoms with Gasteiger partial charge in [-0.05, 0) is 48.0 Å². The predicted molar refractivity (Wildman–Crippen MR) is 110 cm³/mol. The van der Waals surface area contributed by atoms with Crippen molar-refractivity contribution in [3.63, 3.8) is 0 Å². The first-order valence-corrected chi connectivity index (χ1v) is 8.93. The summed E-state index contributed by atoms with van der Waals surface area (Å²) >= 11 is 0. The van der Waals surface area contributed by atoms with Crippen molar-refractivity contribution in [1.29, 1.82) is 0 Å². The Kier molecular flexibility index (Phi) is 4.84. The summed E-state index contributed by atoms with van der Waals surface area (Å²) in [5.41, 5.74) is 0.0431. The number of rotatable bonds is 3. The minimum atomic E-state index is -1.39. The second kappa shape index (κ2) is 7.64. The zero-order chi connectivity index (χ0) is 22.1. The van der Waals surface area contributed by atoms with Crippen LogP contribution >= 0.6 is 0 Å². The van der Waals surface area contributed by atoms with Gasteiger partial charge < -0.3 is 20.1 Å². The van der Waals surface area contributed by atoms with E-state index < -0.39 is 29.0 Å². The van der Waals surface area contributed by atoms with Crippen LogP contribution in [0, 0.1) is 0 Å². The van der Waals surface area contributed by atoms with E-state index in [1.807, 2.05) is 0 Å². The number of aromatic nitrogens is 2. The van der Waals surface area contributed by atoms with E-state index in [9.17, 15) is 29.7 Å². The Balaban J connectivity index is 1.76. The number of benzene rings is 2. The van der Waals surface area contributed by atoms with E-state index in [4.69, 9.17) is 4.74 Å². The highest BCUT2D eigenvalue weighted by molar-refractivity contribution is 5.94. The zero-order valence-corrected chi connectivity index (χ0v) is 15.7. The number of carbonyl (C=O) groups is 2. The molecule has 31 heavy (non-hydrogen) atoms. The van der Waals surface area contributed by atoms with Crippen molar-refractivity contribution in [3.05, 3.63) is 82.8 Å². The van der Waals surface area contributed by atoms with Gasteiger partial charge in [-0.2, -0.15) is 0 Å². The lowest BCUT2D eigenvalue weighted by molar-refractivity contribution is 0.0734. The lowest BCUT2D eigenvalue weighted by atomic mass is 10.1. The van der Waals surface area contributed by atoms with Crippen LogP contribution in [0.25, 0.3) is 22.2 Å². The lowest BCUT2D eigenvalue weighted by Gasteiger charge is -2.14. The third-order valence-corrected chi connectivity index (χ3v) is 4.56. The summed E-state index contributed by atoms with van der Waals surface area (Å²) < 4.78 is 6.09. The van der Waals surface area contributed by atoms with E-state index in [0.29, 0.717) is 5.56 Å². The average Bonchev–Trinajstić information content (AvgIpc) is 2.76. The maximum atomic E-state index is 12.5. The fourth-order valence-electron chi connectivity index (χ4n) is 3.11. The van der Waals surface area contributed by atoms with E-state index in [2.05, 4.69) is 4.98 Å². The Morgan fingerprint density at radius 2 is 1.68 bits per heavy atom. The van der Waals surface area contributed by atoms with Gasteiger partial charge >= 0.3 is 12.1 Å². The van der Waals surface area contributed by atoms with Gasteiger partial charge in [0.1, 0.15) is 5.75 Å². The molecule has 0 aliphatic carbocycles. The number of phenolic OH excluding ortho intramolecular Hbond substituents is 2. The molecule has 3 N–H and O–H groups in total. The summed E-state index contributed by atoms with van der Waals surface area (Å²) in [6.07, 6.45) is 1.50. The number of pyridine rings is 2. The summed E-state index contributed by atoms with van der Waals surface area (Å²) in [6.45, 7) is 0. The number of esters is 1. The van der Waals surface area contributed by atoms with Crippen LogP contribution in [0.15, 0.2) is 71.8 Å². The third-order valence-electron chi connectivity index (χ3n) is 4.56. The highest BCUT2D eigenvalue weighted by atomic mass is 16.5. The molecular formula is C22H14N2O7. The second-order valence-corrected chi connectivity index (χ2v) is 6.53. The molecular weight excluding hydrogens is 404 g/mol. The minimum Gasteiger partial charge on any atom is -0.504 e. The maximum Gasteiger partial charge on any atom is 0.416 e. The number of carbonyl (C=O) groups excluding carboxylic acids is 1. The quantitative estimate of drug-likeness (QED) is 0.262. The summed E-state index contributed by atoms with van der Waals surface area (Å²) in [5.74, 6) is -1.49. The molecule has 9 nitrogen and oxygen atoms in total. The van der Waals surface area contributed by atoms with Gasteiger partial charge in [0, 0.05) is 24.5 Å². The normalized spacial score (nSPS) is 10.7. The van der Waals surface area contributed by atoms with E-state index in [-0.39, 0.29) is 27.9 Å². The first kappa shape index (κ1) is 19.6. The van der Waals surface area contributed by atoms with Crippen LogP contribution in [0.3, 0.4) is 0 Å². The summed E-state index contributed by atoms with van der Waals surface area (Å²) in [6, 6.07) is 12.2. The van der Waals surface area contributed by atoms with Gasteiger partial charge in [-0.25, -0.2) is 14.2 Å². The van der Waals surface area contributed by atoms with Crippen LogP contribution in [-0.4, -0.2) is 36.9 Å². The van der Waals surface area contributed by atoms with Gasteiger partial charge in [0.05, 0.1) is 22.2 Å². The van der Waals surface area contributed by atoms with Crippen LogP contribution in [0.1, 0.15) is 10.4 Å². The van der Waals surface area contributed by atoms with Crippen LogP contribution in [0.5, 0.6) is 17.2 Å². The molecule has 154 valence electrons. The molecule has 0 saturated carbocycles. The van der Waals surface area contributed by atoms with Gasteiger partial charge in [0.2, 0.25) is 0 Å². The fourth-order valence-corrected chi connectivity index (χ4v) is 3.11. The zero-order valence-electron chi connectivity index (χ0n) is 15.7. The van der Waals surface area contributed by atoms with Gasteiger partial charge in [0.15, 0.2) is 16.9 Å². The molecule has 0 saturated heterocycles. The molecule has 0 atom stereocenters. The number of fused-ring (bicyclic) bond motifs is 1. The molecule has 2 heterocycles. The first-order valence-electron chi connectivity index (χ1n) is 8.93. The molecule has 0 bridgehead atoms. The Hall–Kier alpha value is -4.66. The largest absolute Gasteiger partial charge is 0.504 e. The van der Waals surface area contributed by atoms with Crippen LogP contribution in [0.2, 0.25) is 0 Å². The minimum absolute atomic E-state index is 0.0419. The monoisotopic (exact) mass is 418 g/mol. The molecule has 4 rings (SSSR count). The molecule has 0 aliphatic rings. The summed E-state index contributed by atoms with van der Waals surface area (Å²) in [5, 5.41) is 29.1. The Bertz CT molecular complexity index is 1380. The van der Waals surface area contributed by atoms with E-state index >= 15 is 0 Å². The molecule has 0 radical (unpaired) electrons. The molecule has 2 aromatic carbocycles. The molecule has 0 aliphatic heterocycles. The average molecular weight is 418 g/mol. The first-order chi connectivity index (χ1) is 14.8. The van der Waals surface area contributed by atoms with Crippen molar-refractivity contribution < 1.29 is 29.6 Å². The fraction of sp³-hybridized carbons (Fsp3) is 0. The topological polar surface area (TPSA) is 139 Å². The predicted octanol–water partition coefficient (Wildman–Crippen LogP) is 3.22. The Morgan fingerprint density at radius 3 is 2.32 bits per heavy atom. The summed E-state index contributed by atoms with van der Waals surface area (Å²) in [4.78, 5) is 40.4. The van der Waals surface area contributed by atoms with Crippen molar-refractivity contribution in [2.45, 2.75) is 0 Å². The maximum absolute atomic E-state index is 12.5. The number of ether oxygens (including phenoxy) is 1. The molecule has 2 aromatic heterocycles. The van der Waals surface area contributed by atoms with E-state index in [0.717, 1.165) is 22.8 Å². The SMILES string of the molecule is O=C(Oc1ccc(-c2cc(=O)c3cc(O)c(O)cc3n2C(=O)O)cc1)c1cccnc1. The van der Waals surface area contributed by atoms with Gasteiger partial charge in [-0.1, -0.05) is 0 Å². The molecule has 0 spiro atoms. The number of hydrogen-bond acceptors (Lipinski definition) is 7. The lowest BCUT2D eigenvalue weighted by Crippen LogP contribution is -2.17. The smallest absolute Gasteiger partial charge is 0.416 e. The van der Waals surface area contributed by atoms with Crippen molar-refractivity contribution >= 4 is 23.0 Å². The van der Waals surface area contributed by atoms with Crippen molar-refractivity contribution in [1.82, 2.24) is 9.55 Å². The van der Waals surface area contributed by atoms with Crippen molar-refractivity contribution in [2.24, 2.45) is 0 Å². The van der Waals surface area contributed by atoms with Gasteiger partial charge in [-0.15, -0.1) is 0 Å². The molecule has 9 heteroatoms. The number of hydrogen-bond donors (Lipinski definition) is 3. The van der Waals surface area contributed by atoms with Crippen molar-refractivity contribution in [3.8, 4) is 28.5 Å². The number of carboxylic acid groups (broad SMARTS) is 1. The highest BCUT2D eigenvalue weighted by Crippen LogP contribution is 2.31. The summed E-state index contributed by atoms with van der Waals surface area (Å²) in [7, 11) is 0. The van der Waals surface area contributed by atoms with Gasteiger partial charge in [-0.3, -0.25) is 9.78 Å². The van der Waals surface area contributed by atoms with E-state index in [1.54, 1.807) is 12.1 Å². The Labute approximate surface area is 174 Å². The number of aromatic hydroxyl groups is 2. The van der Waals surface area contributed by atoms with Gasteiger partial charge in [0.25, 0.3) is 0 Å². The van der Waals surface area contributed by atoms with Crippen molar-refractivity contribution in [2.75, 3.05) is 0 Å². The molecule has 0 unspecified atom stereocenters. The third kappa shape index (κ3) is 3.67.